The second kappa shape index (κ2) is 7.19. The standard InChI is InChI=1S/C11H25NO4/c1-10(8-13,9-14)6-12-7-11(2,15)4-5-16-3/h12-15H,4-9H2,1-3H3. The number of hydrogen-bond donors (Lipinski definition) is 4. The van der Waals surface area contributed by atoms with E-state index in [4.69, 9.17) is 14.9 Å². The summed E-state index contributed by atoms with van der Waals surface area (Å²) in [5, 5.41) is 31.1. The highest BCUT2D eigenvalue weighted by molar-refractivity contribution is 4.80. The Hall–Kier alpha value is -0.200. The van der Waals surface area contributed by atoms with Gasteiger partial charge in [0.25, 0.3) is 0 Å². The van der Waals surface area contributed by atoms with Gasteiger partial charge in [-0.25, -0.2) is 0 Å². The van der Waals surface area contributed by atoms with Gasteiger partial charge in [0.15, 0.2) is 0 Å². The molecular formula is C11H25NO4. The third kappa shape index (κ3) is 6.40. The molecule has 16 heavy (non-hydrogen) atoms. The SMILES string of the molecule is COCCC(C)(O)CNCC(C)(CO)CO. The molecule has 0 aromatic rings. The number of aliphatic hydroxyl groups excluding tert-OH is 2. The van der Waals surface area contributed by atoms with Gasteiger partial charge in [-0.15, -0.1) is 0 Å². The molecule has 4 N–H and O–H groups in total. The van der Waals surface area contributed by atoms with Crippen molar-refractivity contribution in [3.63, 3.8) is 0 Å². The number of nitrogens with one attached hydrogen (secondary N) is 1. The zero-order valence-corrected chi connectivity index (χ0v) is 10.5. The maximum atomic E-state index is 9.92. The van der Waals surface area contributed by atoms with Crippen LogP contribution in [-0.2, 0) is 4.74 Å². The molecule has 0 saturated carbocycles. The second-order valence-electron chi connectivity index (χ2n) is 4.97. The van der Waals surface area contributed by atoms with Gasteiger partial charge in [0.05, 0.1) is 18.8 Å². The van der Waals surface area contributed by atoms with Crippen LogP contribution in [0.4, 0.5) is 0 Å². The van der Waals surface area contributed by atoms with Gasteiger partial charge in [0.2, 0.25) is 0 Å². The van der Waals surface area contributed by atoms with E-state index >= 15 is 0 Å². The average molecular weight is 235 g/mol. The van der Waals surface area contributed by atoms with Gasteiger partial charge < -0.3 is 25.4 Å². The lowest BCUT2D eigenvalue weighted by molar-refractivity contribution is 0.0166. The molecule has 0 amide bonds. The van der Waals surface area contributed by atoms with Crippen LogP contribution >= 0.6 is 0 Å². The van der Waals surface area contributed by atoms with Crippen LogP contribution in [0.5, 0.6) is 0 Å². The quantitative estimate of drug-likeness (QED) is 0.427. The van der Waals surface area contributed by atoms with E-state index in [1.54, 1.807) is 21.0 Å². The second-order valence-corrected chi connectivity index (χ2v) is 4.97. The van der Waals surface area contributed by atoms with Crippen LogP contribution in [-0.4, -0.2) is 60.9 Å². The Morgan fingerprint density at radius 1 is 1.12 bits per heavy atom. The molecule has 0 rings (SSSR count). The van der Waals surface area contributed by atoms with E-state index in [9.17, 15) is 5.11 Å². The van der Waals surface area contributed by atoms with Crippen LogP contribution in [0.25, 0.3) is 0 Å². The van der Waals surface area contributed by atoms with Crippen molar-refractivity contribution >= 4 is 0 Å². The van der Waals surface area contributed by atoms with Crippen molar-refractivity contribution in [2.45, 2.75) is 25.9 Å². The van der Waals surface area contributed by atoms with Gasteiger partial charge in [-0.1, -0.05) is 6.92 Å². The molecule has 0 spiro atoms. The van der Waals surface area contributed by atoms with Crippen molar-refractivity contribution in [1.29, 1.82) is 0 Å². The van der Waals surface area contributed by atoms with Gasteiger partial charge in [0.1, 0.15) is 0 Å². The fourth-order valence-corrected chi connectivity index (χ4v) is 1.21. The zero-order chi connectivity index (χ0) is 12.7. The summed E-state index contributed by atoms with van der Waals surface area (Å²) in [5.74, 6) is 0. The molecule has 0 heterocycles. The molecule has 1 atom stereocenters. The minimum absolute atomic E-state index is 0.0866. The number of aliphatic hydroxyl groups is 3. The van der Waals surface area contributed by atoms with Crippen LogP contribution < -0.4 is 5.32 Å². The summed E-state index contributed by atoms with van der Waals surface area (Å²) in [5.41, 5.74) is -1.38. The first kappa shape index (κ1) is 15.8. The average Bonchev–Trinajstić information content (AvgIpc) is 2.26. The summed E-state index contributed by atoms with van der Waals surface area (Å²) in [6.45, 7) is 4.71. The lowest BCUT2D eigenvalue weighted by Gasteiger charge is -2.28. The Morgan fingerprint density at radius 3 is 2.12 bits per heavy atom. The molecule has 0 saturated heterocycles. The molecule has 0 fully saturated rings. The van der Waals surface area contributed by atoms with Crippen molar-refractivity contribution in [2.24, 2.45) is 5.41 Å². The molecule has 98 valence electrons. The highest BCUT2D eigenvalue weighted by Gasteiger charge is 2.25. The third-order valence-electron chi connectivity index (χ3n) is 2.67. The minimum atomic E-state index is -0.832. The molecular weight excluding hydrogens is 210 g/mol. The maximum Gasteiger partial charge on any atom is 0.0765 e. The Kier molecular flexibility index (Phi) is 7.10. The van der Waals surface area contributed by atoms with Gasteiger partial charge >= 0.3 is 0 Å². The molecule has 0 aliphatic carbocycles. The normalized spacial score (nSPS) is 16.1. The van der Waals surface area contributed by atoms with Crippen molar-refractivity contribution in [1.82, 2.24) is 5.32 Å². The number of hydrogen-bond acceptors (Lipinski definition) is 5. The molecule has 0 aromatic carbocycles. The first-order chi connectivity index (χ1) is 7.39. The van der Waals surface area contributed by atoms with E-state index in [0.717, 1.165) is 0 Å². The molecule has 0 radical (unpaired) electrons. The first-order valence-corrected chi connectivity index (χ1v) is 5.53. The summed E-state index contributed by atoms with van der Waals surface area (Å²) in [6.07, 6.45) is 0.547. The van der Waals surface area contributed by atoms with Crippen LogP contribution in [0.15, 0.2) is 0 Å². The number of rotatable bonds is 9. The van der Waals surface area contributed by atoms with Crippen LogP contribution in [0, 0.1) is 5.41 Å². The molecule has 0 aliphatic rings. The lowest BCUT2D eigenvalue weighted by Crippen LogP contribution is -2.45. The summed E-state index contributed by atoms with van der Waals surface area (Å²) in [6, 6.07) is 0. The van der Waals surface area contributed by atoms with Gasteiger partial charge in [0, 0.05) is 38.6 Å². The van der Waals surface area contributed by atoms with Crippen molar-refractivity contribution in [2.75, 3.05) is 40.0 Å². The van der Waals surface area contributed by atoms with Gasteiger partial charge in [-0.05, 0) is 6.92 Å². The predicted octanol–water partition coefficient (Wildman–Crippen LogP) is -0.646. The summed E-state index contributed by atoms with van der Waals surface area (Å²) in [4.78, 5) is 0. The number of ether oxygens (including phenoxy) is 1. The van der Waals surface area contributed by atoms with E-state index in [2.05, 4.69) is 5.32 Å². The summed E-state index contributed by atoms with van der Waals surface area (Å²) >= 11 is 0. The lowest BCUT2D eigenvalue weighted by atomic mass is 9.92. The molecule has 5 nitrogen and oxygen atoms in total. The van der Waals surface area contributed by atoms with E-state index < -0.39 is 11.0 Å². The highest BCUT2D eigenvalue weighted by Crippen LogP contribution is 2.13. The number of methoxy groups -OCH3 is 1. The van der Waals surface area contributed by atoms with Gasteiger partial charge in [-0.3, -0.25) is 0 Å². The van der Waals surface area contributed by atoms with Crippen LogP contribution in [0.1, 0.15) is 20.3 Å². The predicted molar refractivity (Wildman–Crippen MR) is 62.3 cm³/mol. The maximum absolute atomic E-state index is 9.92. The van der Waals surface area contributed by atoms with Crippen molar-refractivity contribution in [3.05, 3.63) is 0 Å². The molecule has 0 aromatic heterocycles. The smallest absolute Gasteiger partial charge is 0.0765 e. The van der Waals surface area contributed by atoms with E-state index in [1.165, 1.54) is 0 Å². The first-order valence-electron chi connectivity index (χ1n) is 5.53. The molecule has 0 bridgehead atoms. The van der Waals surface area contributed by atoms with Gasteiger partial charge in [-0.2, -0.15) is 0 Å². The highest BCUT2D eigenvalue weighted by atomic mass is 16.5. The molecule has 0 aliphatic heterocycles. The fourth-order valence-electron chi connectivity index (χ4n) is 1.21. The van der Waals surface area contributed by atoms with E-state index in [0.29, 0.717) is 26.1 Å². The Balaban J connectivity index is 3.87. The third-order valence-corrected chi connectivity index (χ3v) is 2.67. The minimum Gasteiger partial charge on any atom is -0.396 e. The van der Waals surface area contributed by atoms with E-state index in [1.807, 2.05) is 0 Å². The summed E-state index contributed by atoms with van der Waals surface area (Å²) in [7, 11) is 1.60. The molecule has 1 unspecified atom stereocenters. The van der Waals surface area contributed by atoms with Crippen molar-refractivity contribution in [3.8, 4) is 0 Å². The summed E-state index contributed by atoms with van der Waals surface area (Å²) < 4.78 is 4.90. The zero-order valence-electron chi connectivity index (χ0n) is 10.5. The topological polar surface area (TPSA) is 82.0 Å². The Labute approximate surface area is 97.4 Å². The Bertz CT molecular complexity index is 181. The van der Waals surface area contributed by atoms with Crippen LogP contribution in [0.3, 0.4) is 0 Å². The largest absolute Gasteiger partial charge is 0.396 e. The molecule has 5 heteroatoms. The monoisotopic (exact) mass is 235 g/mol. The fraction of sp³-hybridized carbons (Fsp3) is 1.00. The van der Waals surface area contributed by atoms with Crippen molar-refractivity contribution < 1.29 is 20.1 Å². The van der Waals surface area contributed by atoms with Crippen LogP contribution in [0.2, 0.25) is 0 Å². The van der Waals surface area contributed by atoms with E-state index in [-0.39, 0.29) is 13.2 Å². The Morgan fingerprint density at radius 2 is 1.69 bits per heavy atom.